The molecule has 2 saturated carbocycles. The standard InChI is InChI=1S/C23H24N6O3/c1-32-21-16(14-10-26-29(12-14)15-7-8-15)3-2-4-18(21)27-19-9-20(25-11-17(19)22(24)30)28-23(31)13-5-6-13/h2-4,9-13,15H,5-8H2,1H3,(H2,24,30)(H2,25,27,28,31). The van der Waals surface area contributed by atoms with Crippen LogP contribution in [-0.2, 0) is 4.79 Å². The average Bonchev–Trinajstić information content (AvgIpc) is 3.72. The highest BCUT2D eigenvalue weighted by molar-refractivity contribution is 6.01. The summed E-state index contributed by atoms with van der Waals surface area (Å²) in [7, 11) is 1.60. The van der Waals surface area contributed by atoms with Crippen LogP contribution in [0.3, 0.4) is 0 Å². The molecule has 0 saturated heterocycles. The van der Waals surface area contributed by atoms with E-state index < -0.39 is 5.91 Å². The highest BCUT2D eigenvalue weighted by atomic mass is 16.5. The smallest absolute Gasteiger partial charge is 0.252 e. The Labute approximate surface area is 185 Å². The number of hydrogen-bond donors (Lipinski definition) is 3. The third kappa shape index (κ3) is 4.01. The van der Waals surface area contributed by atoms with Crippen LogP contribution in [0.15, 0.2) is 42.9 Å². The van der Waals surface area contributed by atoms with Crippen molar-refractivity contribution < 1.29 is 14.3 Å². The first-order valence-electron chi connectivity index (χ1n) is 10.6. The van der Waals surface area contributed by atoms with E-state index in [1.54, 1.807) is 13.2 Å². The van der Waals surface area contributed by atoms with Gasteiger partial charge in [0.15, 0.2) is 0 Å². The zero-order chi connectivity index (χ0) is 22.2. The minimum Gasteiger partial charge on any atom is -0.494 e. The Kier molecular flexibility index (Phi) is 5.01. The maximum absolute atomic E-state index is 12.1. The molecule has 3 aromatic rings. The lowest BCUT2D eigenvalue weighted by Gasteiger charge is -2.16. The molecule has 5 rings (SSSR count). The molecule has 4 N–H and O–H groups in total. The summed E-state index contributed by atoms with van der Waals surface area (Å²) in [5.41, 5.74) is 8.67. The molecule has 0 unspecified atom stereocenters. The maximum atomic E-state index is 12.1. The number of nitrogens with zero attached hydrogens (tertiary/aromatic N) is 3. The summed E-state index contributed by atoms with van der Waals surface area (Å²) in [4.78, 5) is 28.3. The third-order valence-electron chi connectivity index (χ3n) is 5.69. The summed E-state index contributed by atoms with van der Waals surface area (Å²) in [5, 5.41) is 10.5. The lowest BCUT2D eigenvalue weighted by atomic mass is 10.1. The Bertz CT molecular complexity index is 1200. The fourth-order valence-electron chi connectivity index (χ4n) is 3.64. The van der Waals surface area contributed by atoms with E-state index in [4.69, 9.17) is 10.5 Å². The number of primary amides is 1. The molecule has 2 heterocycles. The Morgan fingerprint density at radius 1 is 1.16 bits per heavy atom. The second kappa shape index (κ2) is 7.99. The van der Waals surface area contributed by atoms with Crippen molar-refractivity contribution in [3.8, 4) is 16.9 Å². The predicted octanol–water partition coefficient (Wildman–Crippen LogP) is 3.48. The number of nitrogens with two attached hydrogens (primary N) is 1. The van der Waals surface area contributed by atoms with Gasteiger partial charge < -0.3 is 21.1 Å². The Balaban J connectivity index is 1.48. The molecule has 164 valence electrons. The molecule has 0 aliphatic heterocycles. The lowest BCUT2D eigenvalue weighted by molar-refractivity contribution is -0.117. The van der Waals surface area contributed by atoms with Crippen LogP contribution in [0.25, 0.3) is 11.1 Å². The molecule has 9 heteroatoms. The van der Waals surface area contributed by atoms with Crippen molar-refractivity contribution in [3.63, 3.8) is 0 Å². The van der Waals surface area contributed by atoms with Gasteiger partial charge in [0.25, 0.3) is 5.91 Å². The molecular weight excluding hydrogens is 408 g/mol. The Morgan fingerprint density at radius 3 is 2.66 bits per heavy atom. The van der Waals surface area contributed by atoms with Gasteiger partial charge in [-0.25, -0.2) is 4.98 Å². The zero-order valence-corrected chi connectivity index (χ0v) is 17.7. The van der Waals surface area contributed by atoms with Gasteiger partial charge in [0.1, 0.15) is 11.6 Å². The summed E-state index contributed by atoms with van der Waals surface area (Å²) < 4.78 is 7.71. The minimum atomic E-state index is -0.624. The number of carbonyl (C=O) groups excluding carboxylic acids is 2. The summed E-state index contributed by atoms with van der Waals surface area (Å²) in [6.07, 6.45) is 9.28. The molecule has 2 aliphatic carbocycles. The van der Waals surface area contributed by atoms with E-state index in [0.29, 0.717) is 29.0 Å². The first-order chi connectivity index (χ1) is 15.5. The summed E-state index contributed by atoms with van der Waals surface area (Å²) in [6, 6.07) is 7.80. The third-order valence-corrected chi connectivity index (χ3v) is 5.69. The normalized spacial score (nSPS) is 15.3. The fraction of sp³-hybridized carbons (Fsp3) is 0.304. The van der Waals surface area contributed by atoms with Gasteiger partial charge in [-0.3, -0.25) is 14.3 Å². The van der Waals surface area contributed by atoms with Crippen molar-refractivity contribution in [2.75, 3.05) is 17.7 Å². The monoisotopic (exact) mass is 432 g/mol. The van der Waals surface area contributed by atoms with Crippen molar-refractivity contribution in [1.29, 1.82) is 0 Å². The lowest BCUT2D eigenvalue weighted by Crippen LogP contribution is -2.17. The minimum absolute atomic E-state index is 0.0392. The number of ether oxygens (including phenoxy) is 1. The molecule has 0 bridgehead atoms. The van der Waals surface area contributed by atoms with Gasteiger partial charge in [-0.2, -0.15) is 5.10 Å². The Hall–Kier alpha value is -3.88. The molecule has 2 amide bonds. The van der Waals surface area contributed by atoms with Gasteiger partial charge in [0, 0.05) is 35.5 Å². The molecule has 1 aromatic carbocycles. The highest BCUT2D eigenvalue weighted by Gasteiger charge is 2.30. The van der Waals surface area contributed by atoms with Crippen LogP contribution >= 0.6 is 0 Å². The summed E-state index contributed by atoms with van der Waals surface area (Å²) in [5.74, 6) is 0.315. The molecule has 2 aliphatic rings. The topological polar surface area (TPSA) is 124 Å². The number of anilines is 3. The molecule has 2 fully saturated rings. The number of carbonyl (C=O) groups is 2. The van der Waals surface area contributed by atoms with Crippen LogP contribution in [0, 0.1) is 5.92 Å². The van der Waals surface area contributed by atoms with E-state index in [0.717, 1.165) is 36.8 Å². The number of hydrogen-bond acceptors (Lipinski definition) is 6. The predicted molar refractivity (Wildman–Crippen MR) is 120 cm³/mol. The van der Waals surface area contributed by atoms with Crippen molar-refractivity contribution in [1.82, 2.24) is 14.8 Å². The summed E-state index contributed by atoms with van der Waals surface area (Å²) >= 11 is 0. The molecule has 0 atom stereocenters. The molecule has 0 spiro atoms. The fourth-order valence-corrected chi connectivity index (χ4v) is 3.64. The van der Waals surface area contributed by atoms with Crippen LogP contribution in [0.4, 0.5) is 17.2 Å². The van der Waals surface area contributed by atoms with Crippen molar-refractivity contribution in [2.24, 2.45) is 11.7 Å². The zero-order valence-electron chi connectivity index (χ0n) is 17.7. The molecule has 0 radical (unpaired) electrons. The van der Waals surface area contributed by atoms with E-state index in [-0.39, 0.29) is 17.4 Å². The van der Waals surface area contributed by atoms with Crippen LogP contribution in [-0.4, -0.2) is 33.7 Å². The van der Waals surface area contributed by atoms with Gasteiger partial charge in [-0.05, 0) is 31.7 Å². The summed E-state index contributed by atoms with van der Waals surface area (Å²) in [6.45, 7) is 0. The number of pyridine rings is 1. The molecule has 32 heavy (non-hydrogen) atoms. The van der Waals surface area contributed by atoms with E-state index in [1.165, 1.54) is 6.20 Å². The SMILES string of the molecule is COc1c(Nc2cc(NC(=O)C3CC3)ncc2C(N)=O)cccc1-c1cnn(C2CC2)c1. The van der Waals surface area contributed by atoms with Crippen molar-refractivity contribution in [3.05, 3.63) is 48.4 Å². The van der Waals surface area contributed by atoms with Crippen molar-refractivity contribution >= 4 is 29.0 Å². The average molecular weight is 432 g/mol. The maximum Gasteiger partial charge on any atom is 0.252 e. The number of benzene rings is 1. The molecule has 9 nitrogen and oxygen atoms in total. The molecular formula is C23H24N6O3. The van der Waals surface area contributed by atoms with Crippen LogP contribution < -0.4 is 21.1 Å². The van der Waals surface area contributed by atoms with E-state index in [2.05, 4.69) is 20.7 Å². The number of nitrogens with one attached hydrogen (secondary N) is 2. The first-order valence-corrected chi connectivity index (χ1v) is 10.6. The van der Waals surface area contributed by atoms with Gasteiger partial charge >= 0.3 is 0 Å². The number of para-hydroxylation sites is 1. The first kappa shape index (κ1) is 20.0. The van der Waals surface area contributed by atoms with Gasteiger partial charge in [0.05, 0.1) is 36.3 Å². The largest absolute Gasteiger partial charge is 0.494 e. The number of amides is 2. The van der Waals surface area contributed by atoms with Crippen molar-refractivity contribution in [2.45, 2.75) is 31.7 Å². The van der Waals surface area contributed by atoms with Crippen LogP contribution in [0.5, 0.6) is 5.75 Å². The van der Waals surface area contributed by atoms with Gasteiger partial charge in [0.2, 0.25) is 5.91 Å². The number of methoxy groups -OCH3 is 1. The van der Waals surface area contributed by atoms with E-state index in [9.17, 15) is 9.59 Å². The van der Waals surface area contributed by atoms with Crippen LogP contribution in [0.1, 0.15) is 42.1 Å². The van der Waals surface area contributed by atoms with E-state index in [1.807, 2.05) is 35.3 Å². The second-order valence-electron chi connectivity index (χ2n) is 8.19. The molecule has 2 aromatic heterocycles. The number of aromatic nitrogens is 3. The van der Waals surface area contributed by atoms with Crippen LogP contribution in [0.2, 0.25) is 0 Å². The quantitative estimate of drug-likeness (QED) is 0.501. The van der Waals surface area contributed by atoms with Gasteiger partial charge in [-0.1, -0.05) is 12.1 Å². The Morgan fingerprint density at radius 2 is 1.97 bits per heavy atom. The number of rotatable bonds is 8. The second-order valence-corrected chi connectivity index (χ2v) is 8.19. The van der Waals surface area contributed by atoms with Gasteiger partial charge in [-0.15, -0.1) is 0 Å². The highest BCUT2D eigenvalue weighted by Crippen LogP contribution is 2.40. The van der Waals surface area contributed by atoms with E-state index >= 15 is 0 Å².